The third-order valence-electron chi connectivity index (χ3n) is 9.75. The minimum atomic E-state index is -0.666. The topological polar surface area (TPSA) is 72.1 Å². The zero-order chi connectivity index (χ0) is 30.2. The Morgan fingerprint density at radius 3 is 2.47 bits per heavy atom. The fourth-order valence-corrected chi connectivity index (χ4v) is 7.18. The number of pyridine rings is 2. The molecule has 3 aliphatic heterocycles. The highest BCUT2D eigenvalue weighted by atomic mass is 19.1. The number of halogens is 2. The Bertz CT molecular complexity index is 1820. The number of fused-ring (bicyclic) bond motifs is 4. The third kappa shape index (κ3) is 4.28. The smallest absolute Gasteiger partial charge is 0.239 e. The van der Waals surface area contributed by atoms with Crippen LogP contribution in [0, 0.1) is 18.2 Å². The van der Waals surface area contributed by atoms with Gasteiger partial charge in [0.25, 0.3) is 0 Å². The van der Waals surface area contributed by atoms with Crippen LogP contribution in [0.25, 0.3) is 37.6 Å². The second-order valence-electron chi connectivity index (χ2n) is 12.7. The Morgan fingerprint density at radius 1 is 1.09 bits per heavy atom. The van der Waals surface area contributed by atoms with E-state index in [0.717, 1.165) is 25.9 Å². The van der Waals surface area contributed by atoms with E-state index in [-0.39, 0.29) is 28.1 Å². The summed E-state index contributed by atoms with van der Waals surface area (Å²) in [7, 11) is 4.07. The van der Waals surface area contributed by atoms with E-state index < -0.39 is 11.6 Å². The quantitative estimate of drug-likeness (QED) is 0.295. The molecule has 3 fully saturated rings. The number of piperazine rings is 1. The van der Waals surface area contributed by atoms with Gasteiger partial charge in [0.15, 0.2) is 0 Å². The van der Waals surface area contributed by atoms with Crippen molar-refractivity contribution in [3.63, 3.8) is 0 Å². The lowest BCUT2D eigenvalue weighted by Crippen LogP contribution is -2.67. The number of hydrogen-bond acceptors (Lipinski definition) is 7. The van der Waals surface area contributed by atoms with Crippen LogP contribution in [0.5, 0.6) is 5.75 Å². The molecule has 2 unspecified atom stereocenters. The molecular formula is C33H35F2N7O. The third-order valence-corrected chi connectivity index (χ3v) is 9.75. The molecule has 0 spiro atoms. The standard InChI is InChI=1S/C33H35F2N7O/c1-6-22-25(34)10-7-18-11-21(43)12-23(26(18)22)29-28(35)27-24(13-37-29)31(41-14-19-8-9-20(15-41)38-19)39-32(30(27)36-3)42-16-33(2,17-42)40(4)5/h7,10-13,19-20,38,43H,6,8-9,14-17H2,1-2,4-5H3. The van der Waals surface area contributed by atoms with Crippen molar-refractivity contribution < 1.29 is 13.9 Å². The monoisotopic (exact) mass is 583 g/mol. The highest BCUT2D eigenvalue weighted by Crippen LogP contribution is 2.47. The average molecular weight is 584 g/mol. The first kappa shape index (κ1) is 27.7. The molecule has 0 amide bonds. The summed E-state index contributed by atoms with van der Waals surface area (Å²) in [5.41, 5.74) is 0.753. The lowest BCUT2D eigenvalue weighted by molar-refractivity contribution is 0.133. The molecule has 8 nitrogen and oxygen atoms in total. The molecular weight excluding hydrogens is 548 g/mol. The highest BCUT2D eigenvalue weighted by molar-refractivity contribution is 6.08. The van der Waals surface area contributed by atoms with Crippen LogP contribution >= 0.6 is 0 Å². The van der Waals surface area contributed by atoms with E-state index in [1.54, 1.807) is 18.3 Å². The van der Waals surface area contributed by atoms with Gasteiger partial charge in [-0.2, -0.15) is 0 Å². The Balaban J connectivity index is 1.49. The van der Waals surface area contributed by atoms with Crippen LogP contribution in [-0.2, 0) is 6.42 Å². The summed E-state index contributed by atoms with van der Waals surface area (Å²) in [6.07, 6.45) is 4.14. The molecule has 5 heterocycles. The number of likely N-dealkylation sites (N-methyl/N-ethyl adjacent to an activating group) is 1. The zero-order valence-corrected chi connectivity index (χ0v) is 24.9. The molecule has 2 aromatic carbocycles. The molecule has 3 aliphatic rings. The van der Waals surface area contributed by atoms with Crippen LogP contribution in [0.3, 0.4) is 0 Å². The van der Waals surface area contributed by atoms with Crippen molar-refractivity contribution in [3.8, 4) is 17.0 Å². The Labute approximate surface area is 249 Å². The number of aromatic hydroxyl groups is 1. The first-order chi connectivity index (χ1) is 20.6. The molecule has 2 atom stereocenters. The largest absolute Gasteiger partial charge is 0.508 e. The molecule has 10 heteroatoms. The van der Waals surface area contributed by atoms with E-state index >= 15 is 4.39 Å². The molecule has 2 bridgehead atoms. The van der Waals surface area contributed by atoms with E-state index in [2.05, 4.69) is 36.8 Å². The van der Waals surface area contributed by atoms with Gasteiger partial charge < -0.3 is 25.1 Å². The number of rotatable bonds is 5. The van der Waals surface area contributed by atoms with Crippen molar-refractivity contribution in [2.75, 3.05) is 50.1 Å². The minimum Gasteiger partial charge on any atom is -0.508 e. The summed E-state index contributed by atoms with van der Waals surface area (Å²) in [5.74, 6) is -0.0266. The minimum absolute atomic E-state index is 0.0242. The summed E-state index contributed by atoms with van der Waals surface area (Å²) in [6, 6.07) is 6.60. The molecule has 3 saturated heterocycles. The maximum Gasteiger partial charge on any atom is 0.239 e. The number of phenols is 1. The SMILES string of the molecule is [C-]#[N+]c1c(N2CC(C)(N(C)C)C2)nc(N2CC3CCC(C2)N3)c2cnc(-c3cc(O)cc4ccc(F)c(CC)c34)c(F)c12. The molecule has 0 saturated carbocycles. The van der Waals surface area contributed by atoms with E-state index in [1.165, 1.54) is 12.1 Å². The van der Waals surface area contributed by atoms with Gasteiger partial charge in [0.2, 0.25) is 5.69 Å². The van der Waals surface area contributed by atoms with Crippen LogP contribution < -0.4 is 15.1 Å². The Kier molecular flexibility index (Phi) is 6.45. The van der Waals surface area contributed by atoms with Gasteiger partial charge >= 0.3 is 0 Å². The van der Waals surface area contributed by atoms with Crippen LogP contribution in [0.15, 0.2) is 30.5 Å². The van der Waals surface area contributed by atoms with E-state index in [1.807, 2.05) is 21.0 Å². The van der Waals surface area contributed by atoms with Crippen molar-refractivity contribution in [1.29, 1.82) is 0 Å². The van der Waals surface area contributed by atoms with Gasteiger partial charge in [0.05, 0.1) is 12.1 Å². The first-order valence-corrected chi connectivity index (χ1v) is 14.9. The van der Waals surface area contributed by atoms with E-state index in [9.17, 15) is 9.50 Å². The second kappa shape index (κ2) is 10.00. The first-order valence-electron chi connectivity index (χ1n) is 14.9. The van der Waals surface area contributed by atoms with Gasteiger partial charge in [-0.05, 0) is 74.8 Å². The predicted octanol–water partition coefficient (Wildman–Crippen LogP) is 5.63. The van der Waals surface area contributed by atoms with Crippen LogP contribution in [0.1, 0.15) is 32.3 Å². The van der Waals surface area contributed by atoms with Gasteiger partial charge in [0, 0.05) is 60.8 Å². The average Bonchev–Trinajstić information content (AvgIpc) is 3.31. The fourth-order valence-electron chi connectivity index (χ4n) is 7.18. The molecule has 2 aromatic heterocycles. The lowest BCUT2D eigenvalue weighted by atomic mass is 9.90. The number of phenolic OH excluding ortho intramolecular Hbond substituents is 1. The van der Waals surface area contributed by atoms with Crippen molar-refractivity contribution in [1.82, 2.24) is 20.2 Å². The van der Waals surface area contributed by atoms with Gasteiger partial charge in [-0.1, -0.05) is 13.0 Å². The Hall–Kier alpha value is -4.07. The summed E-state index contributed by atoms with van der Waals surface area (Å²) in [6.45, 7) is 15.0. The fraction of sp³-hybridized carbons (Fsp3) is 0.424. The van der Waals surface area contributed by atoms with Crippen molar-refractivity contribution in [2.45, 2.75) is 50.7 Å². The van der Waals surface area contributed by atoms with Crippen LogP contribution in [0.2, 0.25) is 0 Å². The Morgan fingerprint density at radius 2 is 1.81 bits per heavy atom. The van der Waals surface area contributed by atoms with Gasteiger partial charge in [-0.25, -0.2) is 18.6 Å². The van der Waals surface area contributed by atoms with E-state index in [4.69, 9.17) is 11.6 Å². The summed E-state index contributed by atoms with van der Waals surface area (Å²) < 4.78 is 32.1. The molecule has 222 valence electrons. The number of benzene rings is 2. The van der Waals surface area contributed by atoms with Crippen LogP contribution in [-0.4, -0.2) is 77.9 Å². The number of hydrogen-bond donors (Lipinski definition) is 2. The van der Waals surface area contributed by atoms with E-state index in [0.29, 0.717) is 70.5 Å². The molecule has 4 aromatic rings. The number of nitrogens with one attached hydrogen (secondary N) is 1. The zero-order valence-electron chi connectivity index (χ0n) is 24.9. The highest BCUT2D eigenvalue weighted by Gasteiger charge is 2.43. The maximum atomic E-state index is 17.1. The van der Waals surface area contributed by atoms with Crippen molar-refractivity contribution in [3.05, 3.63) is 59.1 Å². The molecule has 0 radical (unpaired) electrons. The molecule has 2 N–H and O–H groups in total. The summed E-state index contributed by atoms with van der Waals surface area (Å²) in [5, 5.41) is 16.0. The summed E-state index contributed by atoms with van der Waals surface area (Å²) >= 11 is 0. The normalized spacial score (nSPS) is 21.1. The molecule has 43 heavy (non-hydrogen) atoms. The van der Waals surface area contributed by atoms with Gasteiger partial charge in [-0.15, -0.1) is 0 Å². The molecule has 0 aliphatic carbocycles. The lowest BCUT2D eigenvalue weighted by Gasteiger charge is -2.53. The van der Waals surface area contributed by atoms with Crippen LogP contribution in [0.4, 0.5) is 26.1 Å². The maximum absolute atomic E-state index is 17.1. The molecule has 7 rings (SSSR count). The summed E-state index contributed by atoms with van der Waals surface area (Å²) in [4.78, 5) is 20.0. The van der Waals surface area contributed by atoms with Gasteiger partial charge in [0.1, 0.15) is 34.7 Å². The number of aryl methyl sites for hydroxylation is 1. The van der Waals surface area contributed by atoms with Gasteiger partial charge in [-0.3, -0.25) is 4.98 Å². The number of anilines is 2. The number of aromatic nitrogens is 2. The van der Waals surface area contributed by atoms with Crippen molar-refractivity contribution in [2.24, 2.45) is 0 Å². The predicted molar refractivity (Wildman–Crippen MR) is 166 cm³/mol. The number of nitrogens with zero attached hydrogens (tertiary/aromatic N) is 6. The van der Waals surface area contributed by atoms with Crippen molar-refractivity contribution >= 4 is 38.9 Å². The second-order valence-corrected chi connectivity index (χ2v) is 12.7.